The van der Waals surface area contributed by atoms with Crippen LogP contribution in [0.25, 0.3) is 5.69 Å². The molecule has 0 unspecified atom stereocenters. The van der Waals surface area contributed by atoms with Gasteiger partial charge in [-0.1, -0.05) is 0 Å². The number of nitrogens with zero attached hydrogens (tertiary/aromatic N) is 6. The first-order chi connectivity index (χ1) is 15.5. The maximum Gasteiger partial charge on any atom is 0.275 e. The minimum Gasteiger partial charge on any atom is -0.488 e. The Morgan fingerprint density at radius 3 is 2.59 bits per heavy atom. The van der Waals surface area contributed by atoms with Crippen LogP contribution in [0, 0.1) is 22.6 Å². The molecule has 0 amide bonds. The van der Waals surface area contributed by atoms with Gasteiger partial charge in [-0.05, 0) is 28.1 Å². The van der Waals surface area contributed by atoms with Crippen LogP contribution in [0.15, 0.2) is 45.9 Å². The van der Waals surface area contributed by atoms with Gasteiger partial charge in [0.05, 0.1) is 15.7 Å². The largest absolute Gasteiger partial charge is 0.488 e. The lowest BCUT2D eigenvalue weighted by molar-refractivity contribution is 0.169. The summed E-state index contributed by atoms with van der Waals surface area (Å²) in [6, 6.07) is 6.72. The molecule has 0 spiro atoms. The number of aromatic nitrogens is 4. The SMILES string of the molecule is N#Cc1ccc(-n2nc(C=N)c(OC3CCN(c4ncc(Br)cn4)CC3)cc2=O)cc1F. The first-order valence-corrected chi connectivity index (χ1v) is 10.5. The van der Waals surface area contributed by atoms with Gasteiger partial charge in [0.15, 0.2) is 5.75 Å². The summed E-state index contributed by atoms with van der Waals surface area (Å²) in [5.74, 6) is 0.0939. The third-order valence-electron chi connectivity index (χ3n) is 5.00. The number of ether oxygens (including phenoxy) is 1. The van der Waals surface area contributed by atoms with Crippen molar-refractivity contribution in [2.45, 2.75) is 18.9 Å². The van der Waals surface area contributed by atoms with Crippen molar-refractivity contribution in [1.29, 1.82) is 10.7 Å². The molecule has 0 saturated carbocycles. The molecule has 0 radical (unpaired) electrons. The fourth-order valence-electron chi connectivity index (χ4n) is 3.38. The number of benzene rings is 1. The second kappa shape index (κ2) is 9.23. The molecular formula is C21H17BrFN7O2. The van der Waals surface area contributed by atoms with Crippen LogP contribution >= 0.6 is 15.9 Å². The molecule has 3 aromatic rings. The van der Waals surface area contributed by atoms with Gasteiger partial charge in [-0.25, -0.2) is 14.4 Å². The van der Waals surface area contributed by atoms with Crippen LogP contribution < -0.4 is 15.2 Å². The molecule has 0 atom stereocenters. The lowest BCUT2D eigenvalue weighted by Gasteiger charge is -2.32. The number of rotatable bonds is 5. The summed E-state index contributed by atoms with van der Waals surface area (Å²) in [6.45, 7) is 1.36. The number of piperidine rings is 1. The predicted molar refractivity (Wildman–Crippen MR) is 118 cm³/mol. The van der Waals surface area contributed by atoms with E-state index in [2.05, 4.69) is 35.9 Å². The van der Waals surface area contributed by atoms with E-state index in [1.807, 2.05) is 0 Å². The average Bonchev–Trinajstić information content (AvgIpc) is 2.80. The molecule has 1 N–H and O–H groups in total. The summed E-state index contributed by atoms with van der Waals surface area (Å²) in [5.41, 5.74) is -0.360. The van der Waals surface area contributed by atoms with E-state index >= 15 is 0 Å². The highest BCUT2D eigenvalue weighted by Crippen LogP contribution is 2.23. The minimum atomic E-state index is -0.753. The highest BCUT2D eigenvalue weighted by atomic mass is 79.9. The number of nitriles is 1. The molecule has 3 heterocycles. The molecular weight excluding hydrogens is 481 g/mol. The number of hydrogen-bond donors (Lipinski definition) is 1. The van der Waals surface area contributed by atoms with E-state index in [4.69, 9.17) is 15.4 Å². The fourth-order valence-corrected chi connectivity index (χ4v) is 3.59. The van der Waals surface area contributed by atoms with Gasteiger partial charge in [0.1, 0.15) is 23.7 Å². The molecule has 1 aromatic carbocycles. The standard InChI is InChI=1S/C21H17BrFN7O2/c22-14-11-26-21(27-12-14)29-5-3-16(4-6-29)32-19-8-20(31)30(28-18(19)10-25)15-2-1-13(9-24)17(23)7-15/h1-2,7-8,10-12,16,25H,3-6H2. The Morgan fingerprint density at radius 1 is 1.25 bits per heavy atom. The molecule has 2 aromatic heterocycles. The molecule has 11 heteroatoms. The van der Waals surface area contributed by atoms with Crippen LogP contribution in [-0.2, 0) is 0 Å². The van der Waals surface area contributed by atoms with Crippen LogP contribution in [0.4, 0.5) is 10.3 Å². The Kier molecular flexibility index (Phi) is 6.23. The van der Waals surface area contributed by atoms with E-state index in [0.29, 0.717) is 31.9 Å². The van der Waals surface area contributed by atoms with Gasteiger partial charge in [0.2, 0.25) is 5.95 Å². The van der Waals surface area contributed by atoms with Crippen molar-refractivity contribution in [2.24, 2.45) is 0 Å². The zero-order chi connectivity index (χ0) is 22.7. The van der Waals surface area contributed by atoms with Crippen LogP contribution in [0.2, 0.25) is 0 Å². The topological polar surface area (TPSA) is 121 Å². The van der Waals surface area contributed by atoms with E-state index in [0.717, 1.165) is 21.4 Å². The Morgan fingerprint density at radius 2 is 1.97 bits per heavy atom. The molecule has 162 valence electrons. The van der Waals surface area contributed by atoms with Crippen molar-refractivity contribution < 1.29 is 9.13 Å². The first-order valence-electron chi connectivity index (χ1n) is 9.72. The van der Waals surface area contributed by atoms with Crippen molar-refractivity contribution in [1.82, 2.24) is 19.7 Å². The monoisotopic (exact) mass is 497 g/mol. The molecule has 1 saturated heterocycles. The zero-order valence-electron chi connectivity index (χ0n) is 16.7. The van der Waals surface area contributed by atoms with Crippen molar-refractivity contribution >= 4 is 28.1 Å². The molecule has 0 aliphatic carbocycles. The van der Waals surface area contributed by atoms with Gasteiger partial charge < -0.3 is 15.0 Å². The van der Waals surface area contributed by atoms with Gasteiger partial charge in [-0.2, -0.15) is 15.0 Å². The van der Waals surface area contributed by atoms with Crippen LogP contribution in [-0.4, -0.2) is 45.2 Å². The predicted octanol–water partition coefficient (Wildman–Crippen LogP) is 2.84. The second-order valence-electron chi connectivity index (χ2n) is 7.07. The molecule has 1 aliphatic rings. The molecule has 4 rings (SSSR count). The van der Waals surface area contributed by atoms with Crippen LogP contribution in [0.5, 0.6) is 5.75 Å². The van der Waals surface area contributed by atoms with Gasteiger partial charge in [-0.15, -0.1) is 0 Å². The van der Waals surface area contributed by atoms with Gasteiger partial charge in [0.25, 0.3) is 5.56 Å². The van der Waals surface area contributed by atoms with E-state index in [1.54, 1.807) is 18.5 Å². The van der Waals surface area contributed by atoms with Gasteiger partial charge in [0, 0.05) is 56.7 Å². The molecule has 32 heavy (non-hydrogen) atoms. The first kappa shape index (κ1) is 21.6. The van der Waals surface area contributed by atoms with Crippen LogP contribution in [0.1, 0.15) is 24.1 Å². The summed E-state index contributed by atoms with van der Waals surface area (Å²) >= 11 is 3.32. The molecule has 1 fully saturated rings. The average molecular weight is 498 g/mol. The van der Waals surface area contributed by atoms with Crippen LogP contribution in [0.3, 0.4) is 0 Å². The molecule has 1 aliphatic heterocycles. The van der Waals surface area contributed by atoms with E-state index < -0.39 is 11.4 Å². The maximum atomic E-state index is 14.0. The van der Waals surface area contributed by atoms with Crippen molar-refractivity contribution in [3.05, 3.63) is 68.6 Å². The highest BCUT2D eigenvalue weighted by molar-refractivity contribution is 9.10. The number of hydrogen-bond acceptors (Lipinski definition) is 8. The third kappa shape index (κ3) is 4.50. The lowest BCUT2D eigenvalue weighted by Crippen LogP contribution is -2.39. The lowest BCUT2D eigenvalue weighted by atomic mass is 10.1. The summed E-state index contributed by atoms with van der Waals surface area (Å²) in [6.07, 6.45) is 5.57. The van der Waals surface area contributed by atoms with E-state index in [9.17, 15) is 9.18 Å². The Balaban J connectivity index is 1.50. The van der Waals surface area contributed by atoms with Crippen molar-refractivity contribution in [3.63, 3.8) is 0 Å². The molecule has 0 bridgehead atoms. The smallest absolute Gasteiger partial charge is 0.275 e. The number of anilines is 1. The van der Waals surface area contributed by atoms with Gasteiger partial charge in [-0.3, -0.25) is 4.79 Å². The fraction of sp³-hybridized carbons (Fsp3) is 0.238. The van der Waals surface area contributed by atoms with Crippen molar-refractivity contribution in [3.8, 4) is 17.5 Å². The summed E-state index contributed by atoms with van der Waals surface area (Å²) in [4.78, 5) is 23.3. The normalized spacial score (nSPS) is 14.1. The summed E-state index contributed by atoms with van der Waals surface area (Å²) in [5, 5.41) is 20.7. The second-order valence-corrected chi connectivity index (χ2v) is 7.99. The molecule has 9 nitrogen and oxygen atoms in total. The zero-order valence-corrected chi connectivity index (χ0v) is 18.3. The highest BCUT2D eigenvalue weighted by Gasteiger charge is 2.24. The number of nitrogens with one attached hydrogen (secondary N) is 1. The Bertz CT molecular complexity index is 1250. The summed E-state index contributed by atoms with van der Waals surface area (Å²) < 4.78 is 21.7. The summed E-state index contributed by atoms with van der Waals surface area (Å²) in [7, 11) is 0. The quantitative estimate of drug-likeness (QED) is 0.537. The minimum absolute atomic E-state index is 0.131. The van der Waals surface area contributed by atoms with Gasteiger partial charge >= 0.3 is 0 Å². The third-order valence-corrected chi connectivity index (χ3v) is 5.41. The van der Waals surface area contributed by atoms with Crippen molar-refractivity contribution in [2.75, 3.05) is 18.0 Å². The van der Waals surface area contributed by atoms with E-state index in [-0.39, 0.29) is 28.8 Å². The Labute approximate surface area is 190 Å². The number of halogens is 2. The Hall–Kier alpha value is -3.65. The maximum absolute atomic E-state index is 14.0. The van der Waals surface area contributed by atoms with E-state index in [1.165, 1.54) is 18.2 Å².